The highest BCUT2D eigenvalue weighted by Crippen LogP contribution is 2.35. The maximum absolute atomic E-state index is 13.0. The van der Waals surface area contributed by atoms with E-state index < -0.39 is 5.97 Å². The Morgan fingerprint density at radius 2 is 1.90 bits per heavy atom. The fourth-order valence-corrected chi connectivity index (χ4v) is 4.27. The molecule has 2 amide bonds. The topological polar surface area (TPSA) is 111 Å². The van der Waals surface area contributed by atoms with Crippen LogP contribution in [0, 0.1) is 13.8 Å². The quantitative estimate of drug-likeness (QED) is 0.572. The van der Waals surface area contributed by atoms with Gasteiger partial charge in [0.25, 0.3) is 5.91 Å². The molecule has 0 aliphatic rings. The molecule has 0 saturated heterocycles. The van der Waals surface area contributed by atoms with Gasteiger partial charge in [-0.05, 0) is 37.0 Å². The molecule has 1 heterocycles. The fraction of sp³-hybridized carbons (Fsp3) is 0.381. The van der Waals surface area contributed by atoms with Gasteiger partial charge in [0.1, 0.15) is 5.00 Å². The number of amides is 2. The van der Waals surface area contributed by atoms with Crippen molar-refractivity contribution in [2.45, 2.75) is 33.1 Å². The van der Waals surface area contributed by atoms with E-state index >= 15 is 0 Å². The summed E-state index contributed by atoms with van der Waals surface area (Å²) in [5.74, 6) is -1.55. The molecule has 0 spiro atoms. The van der Waals surface area contributed by atoms with Crippen LogP contribution in [0.2, 0.25) is 0 Å². The van der Waals surface area contributed by atoms with E-state index in [0.29, 0.717) is 35.0 Å². The van der Waals surface area contributed by atoms with Crippen molar-refractivity contribution in [3.05, 3.63) is 51.4 Å². The zero-order valence-electron chi connectivity index (χ0n) is 17.1. The second-order valence-electron chi connectivity index (χ2n) is 6.60. The van der Waals surface area contributed by atoms with Crippen molar-refractivity contribution >= 4 is 34.1 Å². The average molecular weight is 418 g/mol. The van der Waals surface area contributed by atoms with Crippen LogP contribution in [-0.4, -0.2) is 38.0 Å². The van der Waals surface area contributed by atoms with Gasteiger partial charge in [-0.25, -0.2) is 4.79 Å². The van der Waals surface area contributed by atoms with Gasteiger partial charge >= 0.3 is 5.97 Å². The molecule has 0 radical (unpaired) electrons. The highest BCUT2D eigenvalue weighted by atomic mass is 32.1. The van der Waals surface area contributed by atoms with Crippen LogP contribution in [0.25, 0.3) is 0 Å². The van der Waals surface area contributed by atoms with E-state index in [1.807, 2.05) is 38.1 Å². The van der Waals surface area contributed by atoms with E-state index in [0.717, 1.165) is 22.5 Å². The van der Waals surface area contributed by atoms with E-state index in [1.54, 1.807) is 6.92 Å². The minimum Gasteiger partial charge on any atom is -0.465 e. The molecule has 156 valence electrons. The smallest absolute Gasteiger partial charge is 0.341 e. The van der Waals surface area contributed by atoms with Crippen molar-refractivity contribution < 1.29 is 19.1 Å². The Hall–Kier alpha value is -2.71. The highest BCUT2D eigenvalue weighted by molar-refractivity contribution is 7.18. The first kappa shape index (κ1) is 22.6. The molecule has 1 atom stereocenters. The van der Waals surface area contributed by atoms with E-state index in [2.05, 4.69) is 10.6 Å². The number of thiophene rings is 1. The standard InChI is InChI=1S/C21H27N3O4S/c1-5-14(15-9-7-6-8-12(15)2)18(25)24-20-16(21(27)28-4)13(3)17(29-20)19(26)23-11-10-22/h6-9,14H,5,10-11,22H2,1-4H3,(H,23,26)(H,24,25). The van der Waals surface area contributed by atoms with Gasteiger partial charge in [0.2, 0.25) is 5.91 Å². The van der Waals surface area contributed by atoms with Crippen LogP contribution >= 0.6 is 11.3 Å². The maximum atomic E-state index is 13.0. The fourth-order valence-electron chi connectivity index (χ4n) is 3.16. The SMILES string of the molecule is CCC(C(=O)Nc1sc(C(=O)NCCN)c(C)c1C(=O)OC)c1ccccc1C. The molecule has 8 heteroatoms. The first-order valence-electron chi connectivity index (χ1n) is 9.41. The van der Waals surface area contributed by atoms with Gasteiger partial charge in [0, 0.05) is 13.1 Å². The maximum Gasteiger partial charge on any atom is 0.341 e. The van der Waals surface area contributed by atoms with E-state index in [1.165, 1.54) is 7.11 Å². The summed E-state index contributed by atoms with van der Waals surface area (Å²) in [6.07, 6.45) is 0.596. The van der Waals surface area contributed by atoms with Gasteiger partial charge < -0.3 is 21.1 Å². The highest BCUT2D eigenvalue weighted by Gasteiger charge is 2.28. The Labute approximate surface area is 174 Å². The molecule has 29 heavy (non-hydrogen) atoms. The Morgan fingerprint density at radius 3 is 2.48 bits per heavy atom. The van der Waals surface area contributed by atoms with Gasteiger partial charge in [-0.15, -0.1) is 11.3 Å². The van der Waals surface area contributed by atoms with Crippen LogP contribution < -0.4 is 16.4 Å². The number of carbonyl (C=O) groups excluding carboxylic acids is 3. The van der Waals surface area contributed by atoms with Gasteiger partial charge in [-0.2, -0.15) is 0 Å². The normalized spacial score (nSPS) is 11.6. The minimum absolute atomic E-state index is 0.198. The third-order valence-electron chi connectivity index (χ3n) is 4.70. The third-order valence-corrected chi connectivity index (χ3v) is 5.90. The van der Waals surface area contributed by atoms with Crippen molar-refractivity contribution in [1.29, 1.82) is 0 Å². The van der Waals surface area contributed by atoms with Crippen LogP contribution in [0.1, 0.15) is 56.0 Å². The number of hydrogen-bond donors (Lipinski definition) is 3. The molecule has 0 saturated carbocycles. The van der Waals surface area contributed by atoms with E-state index in [-0.39, 0.29) is 23.3 Å². The summed E-state index contributed by atoms with van der Waals surface area (Å²) >= 11 is 1.06. The zero-order chi connectivity index (χ0) is 21.6. The van der Waals surface area contributed by atoms with Crippen molar-refractivity contribution in [2.24, 2.45) is 5.73 Å². The van der Waals surface area contributed by atoms with Crippen molar-refractivity contribution in [3.8, 4) is 0 Å². The Bertz CT molecular complexity index is 907. The number of hydrogen-bond acceptors (Lipinski definition) is 6. The minimum atomic E-state index is -0.601. The third kappa shape index (κ3) is 5.02. The largest absolute Gasteiger partial charge is 0.465 e. The summed E-state index contributed by atoms with van der Waals surface area (Å²) in [6, 6.07) is 7.71. The Balaban J connectivity index is 2.39. The molecule has 1 aromatic carbocycles. The number of nitrogens with one attached hydrogen (secondary N) is 2. The van der Waals surface area contributed by atoms with Crippen molar-refractivity contribution in [1.82, 2.24) is 5.32 Å². The molecule has 2 rings (SSSR count). The molecule has 4 N–H and O–H groups in total. The first-order chi connectivity index (χ1) is 13.8. The van der Waals surface area contributed by atoms with E-state index in [9.17, 15) is 14.4 Å². The average Bonchev–Trinajstić information content (AvgIpc) is 3.03. The predicted octanol–water partition coefficient (Wildman–Crippen LogP) is 2.97. The lowest BCUT2D eigenvalue weighted by atomic mass is 9.92. The van der Waals surface area contributed by atoms with Gasteiger partial charge in [0.15, 0.2) is 0 Å². The summed E-state index contributed by atoms with van der Waals surface area (Å²) < 4.78 is 4.87. The summed E-state index contributed by atoms with van der Waals surface area (Å²) in [6.45, 7) is 6.17. The molecular weight excluding hydrogens is 390 g/mol. The number of anilines is 1. The first-order valence-corrected chi connectivity index (χ1v) is 10.2. The molecule has 7 nitrogen and oxygen atoms in total. The lowest BCUT2D eigenvalue weighted by Gasteiger charge is -2.17. The van der Waals surface area contributed by atoms with Crippen molar-refractivity contribution in [3.63, 3.8) is 0 Å². The van der Waals surface area contributed by atoms with Crippen LogP contribution in [0.4, 0.5) is 5.00 Å². The second-order valence-corrected chi connectivity index (χ2v) is 7.62. The van der Waals surface area contributed by atoms with Crippen LogP contribution in [0.5, 0.6) is 0 Å². The monoisotopic (exact) mass is 417 g/mol. The summed E-state index contributed by atoms with van der Waals surface area (Å²) in [4.78, 5) is 38.1. The Kier molecular flexibility index (Phi) is 7.92. The van der Waals surface area contributed by atoms with Crippen molar-refractivity contribution in [2.75, 3.05) is 25.5 Å². The van der Waals surface area contributed by atoms with Gasteiger partial charge in [-0.1, -0.05) is 31.2 Å². The molecule has 0 aliphatic heterocycles. The van der Waals surface area contributed by atoms with Gasteiger partial charge in [-0.3, -0.25) is 9.59 Å². The zero-order valence-corrected chi connectivity index (χ0v) is 17.9. The number of benzene rings is 1. The lowest BCUT2D eigenvalue weighted by molar-refractivity contribution is -0.117. The number of nitrogens with two attached hydrogens (primary N) is 1. The second kappa shape index (κ2) is 10.2. The molecular formula is C21H27N3O4S. The molecule has 1 unspecified atom stereocenters. The summed E-state index contributed by atoms with van der Waals surface area (Å²) in [5.41, 5.74) is 8.06. The van der Waals surface area contributed by atoms with E-state index in [4.69, 9.17) is 10.5 Å². The van der Waals surface area contributed by atoms with Gasteiger partial charge in [0.05, 0.1) is 23.5 Å². The number of esters is 1. The van der Waals surface area contributed by atoms with Crippen LogP contribution in [0.15, 0.2) is 24.3 Å². The molecule has 2 aromatic rings. The molecule has 0 aliphatic carbocycles. The lowest BCUT2D eigenvalue weighted by Crippen LogP contribution is -2.28. The molecule has 0 fully saturated rings. The number of rotatable bonds is 8. The number of carbonyl (C=O) groups is 3. The van der Waals surface area contributed by atoms with Crippen LogP contribution in [-0.2, 0) is 9.53 Å². The predicted molar refractivity (Wildman–Crippen MR) is 115 cm³/mol. The van der Waals surface area contributed by atoms with Crippen LogP contribution in [0.3, 0.4) is 0 Å². The molecule has 1 aromatic heterocycles. The number of ether oxygens (including phenoxy) is 1. The summed E-state index contributed by atoms with van der Waals surface area (Å²) in [7, 11) is 1.27. The number of methoxy groups -OCH3 is 1. The molecule has 0 bridgehead atoms. The number of aryl methyl sites for hydroxylation is 1. The summed E-state index contributed by atoms with van der Waals surface area (Å²) in [5, 5.41) is 5.85. The Morgan fingerprint density at radius 1 is 1.21 bits per heavy atom.